The normalized spacial score (nSPS) is 11.3. The van der Waals surface area contributed by atoms with Gasteiger partial charge in [0, 0.05) is 5.69 Å². The molecule has 0 radical (unpaired) electrons. The van der Waals surface area contributed by atoms with Crippen LogP contribution in [0.1, 0.15) is 0 Å². The topological polar surface area (TPSA) is 72.2 Å². The van der Waals surface area contributed by atoms with Crippen molar-refractivity contribution in [1.82, 2.24) is 0 Å². The number of hydrogen-bond donors (Lipinski definition) is 2. The molecule has 3 N–H and O–H groups in total. The van der Waals surface area contributed by atoms with Crippen molar-refractivity contribution < 1.29 is 17.2 Å². The number of halogens is 3. The Hall–Kier alpha value is -1.86. The largest absolute Gasteiger partial charge is 0.399 e. The molecule has 2 rings (SSSR count). The van der Waals surface area contributed by atoms with Gasteiger partial charge in [0.1, 0.15) is 4.90 Å². The van der Waals surface area contributed by atoms with E-state index in [0.717, 1.165) is 6.07 Å². The molecule has 2 aromatic carbocycles. The van der Waals surface area contributed by atoms with Gasteiger partial charge in [0.2, 0.25) is 0 Å². The molecule has 2 aromatic rings. The number of nitrogens with two attached hydrogens (primary N) is 1. The summed E-state index contributed by atoms with van der Waals surface area (Å²) in [5.74, 6) is -2.84. The van der Waals surface area contributed by atoms with Crippen molar-refractivity contribution in [2.45, 2.75) is 4.90 Å². The maximum absolute atomic E-state index is 13.6. The van der Waals surface area contributed by atoms with Crippen LogP contribution in [-0.2, 0) is 10.0 Å². The van der Waals surface area contributed by atoms with Crippen LogP contribution in [0.15, 0.2) is 41.3 Å². The number of benzene rings is 2. The number of rotatable bonds is 3. The van der Waals surface area contributed by atoms with Crippen LogP contribution in [0.25, 0.3) is 0 Å². The van der Waals surface area contributed by atoms with Crippen LogP contribution in [0.2, 0.25) is 5.02 Å². The van der Waals surface area contributed by atoms with Crippen molar-refractivity contribution in [2.75, 3.05) is 10.5 Å². The second-order valence-corrected chi connectivity index (χ2v) is 5.96. The molecule has 20 heavy (non-hydrogen) atoms. The van der Waals surface area contributed by atoms with E-state index < -0.39 is 26.6 Å². The minimum absolute atomic E-state index is 0.0522. The molecule has 0 fully saturated rings. The molecule has 0 heterocycles. The Morgan fingerprint density at radius 2 is 1.80 bits per heavy atom. The number of para-hydroxylation sites is 1. The molecule has 0 atom stereocenters. The molecule has 8 heteroatoms. The van der Waals surface area contributed by atoms with Gasteiger partial charge >= 0.3 is 0 Å². The first-order valence-corrected chi connectivity index (χ1v) is 7.19. The Morgan fingerprint density at radius 1 is 1.15 bits per heavy atom. The summed E-state index contributed by atoms with van der Waals surface area (Å²) in [6, 6.07) is 7.51. The molecule has 0 bridgehead atoms. The van der Waals surface area contributed by atoms with Crippen molar-refractivity contribution in [3.8, 4) is 0 Å². The summed E-state index contributed by atoms with van der Waals surface area (Å²) in [5.41, 5.74) is 5.17. The fourth-order valence-electron chi connectivity index (χ4n) is 1.52. The fraction of sp³-hybridized carbons (Fsp3) is 0. The predicted octanol–water partition coefficient (Wildman–Crippen LogP) is 3.00. The number of anilines is 2. The highest BCUT2D eigenvalue weighted by Crippen LogP contribution is 2.26. The summed E-state index contributed by atoms with van der Waals surface area (Å²) < 4.78 is 53.0. The molecule has 0 aliphatic carbocycles. The van der Waals surface area contributed by atoms with Crippen molar-refractivity contribution >= 4 is 33.0 Å². The Labute approximate surface area is 119 Å². The zero-order chi connectivity index (χ0) is 14.9. The van der Waals surface area contributed by atoms with Gasteiger partial charge in [-0.15, -0.1) is 0 Å². The Kier molecular flexibility index (Phi) is 3.82. The SMILES string of the molecule is Nc1cc(F)c(F)c(S(=O)(=O)Nc2ccccc2Cl)c1. The second-order valence-electron chi connectivity index (χ2n) is 3.90. The molecule has 4 nitrogen and oxygen atoms in total. The van der Waals surface area contributed by atoms with E-state index in [1.807, 2.05) is 0 Å². The van der Waals surface area contributed by atoms with E-state index in [4.69, 9.17) is 17.3 Å². The minimum atomic E-state index is -4.34. The lowest BCUT2D eigenvalue weighted by molar-refractivity contribution is 0.486. The number of nitrogens with one attached hydrogen (secondary N) is 1. The van der Waals surface area contributed by atoms with Gasteiger partial charge in [0.25, 0.3) is 10.0 Å². The van der Waals surface area contributed by atoms with E-state index >= 15 is 0 Å². The molecule has 0 aromatic heterocycles. The lowest BCUT2D eigenvalue weighted by atomic mass is 10.3. The summed E-state index contributed by atoms with van der Waals surface area (Å²) in [5, 5.41) is 0.126. The van der Waals surface area contributed by atoms with Crippen LogP contribution in [0.5, 0.6) is 0 Å². The fourth-order valence-corrected chi connectivity index (χ4v) is 2.96. The summed E-state index contributed by atoms with van der Waals surface area (Å²) in [7, 11) is -4.34. The van der Waals surface area contributed by atoms with Crippen LogP contribution in [0, 0.1) is 11.6 Å². The third kappa shape index (κ3) is 2.83. The summed E-state index contributed by atoms with van der Waals surface area (Å²) >= 11 is 5.80. The molecule has 0 unspecified atom stereocenters. The summed E-state index contributed by atoms with van der Waals surface area (Å²) in [4.78, 5) is -0.880. The van der Waals surface area contributed by atoms with Gasteiger partial charge in [-0.05, 0) is 24.3 Å². The number of nitrogen functional groups attached to an aromatic ring is 1. The lowest BCUT2D eigenvalue weighted by Crippen LogP contribution is -2.16. The van der Waals surface area contributed by atoms with E-state index in [9.17, 15) is 17.2 Å². The van der Waals surface area contributed by atoms with Gasteiger partial charge in [0.05, 0.1) is 10.7 Å². The maximum atomic E-state index is 13.6. The third-order valence-electron chi connectivity index (χ3n) is 2.42. The molecular weight excluding hydrogens is 310 g/mol. The van der Waals surface area contributed by atoms with Gasteiger partial charge in [-0.1, -0.05) is 23.7 Å². The number of hydrogen-bond acceptors (Lipinski definition) is 3. The van der Waals surface area contributed by atoms with Crippen molar-refractivity contribution in [1.29, 1.82) is 0 Å². The van der Waals surface area contributed by atoms with Crippen molar-refractivity contribution in [3.05, 3.63) is 53.1 Å². The van der Waals surface area contributed by atoms with Gasteiger partial charge in [-0.2, -0.15) is 0 Å². The first kappa shape index (κ1) is 14.5. The first-order chi connectivity index (χ1) is 9.31. The molecule has 106 valence electrons. The third-order valence-corrected chi connectivity index (χ3v) is 4.12. The van der Waals surface area contributed by atoms with E-state index in [-0.39, 0.29) is 16.4 Å². The lowest BCUT2D eigenvalue weighted by Gasteiger charge is -2.11. The second kappa shape index (κ2) is 5.26. The quantitative estimate of drug-likeness (QED) is 0.854. The minimum Gasteiger partial charge on any atom is -0.399 e. The molecule has 0 saturated carbocycles. The first-order valence-electron chi connectivity index (χ1n) is 5.33. The van der Waals surface area contributed by atoms with Crippen LogP contribution < -0.4 is 10.5 Å². The van der Waals surface area contributed by atoms with E-state index in [1.165, 1.54) is 12.1 Å². The predicted molar refractivity (Wildman–Crippen MR) is 73.0 cm³/mol. The zero-order valence-corrected chi connectivity index (χ0v) is 11.5. The van der Waals surface area contributed by atoms with E-state index in [1.54, 1.807) is 12.1 Å². The molecule has 0 aliphatic rings. The van der Waals surface area contributed by atoms with Gasteiger partial charge in [0.15, 0.2) is 11.6 Å². The van der Waals surface area contributed by atoms with E-state index in [0.29, 0.717) is 6.07 Å². The van der Waals surface area contributed by atoms with Gasteiger partial charge < -0.3 is 5.73 Å². The van der Waals surface area contributed by atoms with Crippen LogP contribution >= 0.6 is 11.6 Å². The van der Waals surface area contributed by atoms with E-state index in [2.05, 4.69) is 4.72 Å². The zero-order valence-electron chi connectivity index (χ0n) is 9.90. The van der Waals surface area contributed by atoms with Crippen molar-refractivity contribution in [3.63, 3.8) is 0 Å². The highest BCUT2D eigenvalue weighted by Gasteiger charge is 2.23. The average Bonchev–Trinajstić information content (AvgIpc) is 2.36. The van der Waals surface area contributed by atoms with Crippen molar-refractivity contribution in [2.24, 2.45) is 0 Å². The smallest absolute Gasteiger partial charge is 0.265 e. The van der Waals surface area contributed by atoms with Gasteiger partial charge in [-0.25, -0.2) is 17.2 Å². The Bertz CT molecular complexity index is 766. The average molecular weight is 319 g/mol. The molecule has 0 saturated heterocycles. The Morgan fingerprint density at radius 3 is 2.45 bits per heavy atom. The Balaban J connectivity index is 2.49. The molecular formula is C12H9ClF2N2O2S. The standard InChI is InChI=1S/C12H9ClF2N2O2S/c13-8-3-1-2-4-10(8)17-20(18,19)11-6-7(16)5-9(14)12(11)15/h1-6,17H,16H2. The molecule has 0 spiro atoms. The highest BCUT2D eigenvalue weighted by atomic mass is 35.5. The van der Waals surface area contributed by atoms with Gasteiger partial charge in [-0.3, -0.25) is 4.72 Å². The summed E-state index contributed by atoms with van der Waals surface area (Å²) in [6.07, 6.45) is 0. The highest BCUT2D eigenvalue weighted by molar-refractivity contribution is 7.92. The summed E-state index contributed by atoms with van der Waals surface area (Å²) in [6.45, 7) is 0. The number of sulfonamides is 1. The van der Waals surface area contributed by atoms with Crippen LogP contribution in [0.3, 0.4) is 0 Å². The maximum Gasteiger partial charge on any atom is 0.265 e. The van der Waals surface area contributed by atoms with Crippen LogP contribution in [0.4, 0.5) is 20.2 Å². The monoisotopic (exact) mass is 318 g/mol. The van der Waals surface area contributed by atoms with Crippen LogP contribution in [-0.4, -0.2) is 8.42 Å². The molecule has 0 amide bonds. The molecule has 0 aliphatic heterocycles.